The third-order valence-corrected chi connectivity index (χ3v) is 2.43. The van der Waals surface area contributed by atoms with Gasteiger partial charge in [-0.3, -0.25) is 4.79 Å². The summed E-state index contributed by atoms with van der Waals surface area (Å²) in [6, 6.07) is 9.49. The van der Waals surface area contributed by atoms with Crippen LogP contribution in [0.4, 0.5) is 0 Å². The lowest BCUT2D eigenvalue weighted by Crippen LogP contribution is -2.17. The Kier molecular flexibility index (Phi) is 5.26. The fourth-order valence-electron chi connectivity index (χ4n) is 1.39. The van der Waals surface area contributed by atoms with Crippen molar-refractivity contribution < 1.29 is 14.3 Å². The van der Waals surface area contributed by atoms with Crippen LogP contribution in [0.2, 0.25) is 0 Å². The van der Waals surface area contributed by atoms with Gasteiger partial charge in [-0.15, -0.1) is 0 Å². The Morgan fingerprint density at radius 2 is 2.06 bits per heavy atom. The maximum absolute atomic E-state index is 11.6. The predicted octanol–water partition coefficient (Wildman–Crippen LogP) is 2.35. The first kappa shape index (κ1) is 12.4. The van der Waals surface area contributed by atoms with Crippen LogP contribution < -0.4 is 0 Å². The summed E-state index contributed by atoms with van der Waals surface area (Å²) in [5, 5.41) is 0. The maximum atomic E-state index is 11.6. The molecule has 0 bridgehead atoms. The molecule has 0 fully saturated rings. The van der Waals surface area contributed by atoms with Crippen LogP contribution in [-0.4, -0.2) is 12.3 Å². The van der Waals surface area contributed by atoms with E-state index in [-0.39, 0.29) is 24.9 Å². The number of ether oxygens (including phenoxy) is 1. The lowest BCUT2D eigenvalue weighted by Gasteiger charge is -2.11. The molecule has 1 rings (SSSR count). The lowest BCUT2D eigenvalue weighted by molar-refractivity contribution is -0.150. The molecule has 0 saturated heterocycles. The van der Waals surface area contributed by atoms with Crippen molar-refractivity contribution in [3.05, 3.63) is 35.9 Å². The van der Waals surface area contributed by atoms with Crippen LogP contribution in [0, 0.1) is 5.92 Å². The van der Waals surface area contributed by atoms with E-state index in [2.05, 4.69) is 0 Å². The highest BCUT2D eigenvalue weighted by atomic mass is 16.5. The maximum Gasteiger partial charge on any atom is 0.309 e. The molecule has 0 spiro atoms. The molecule has 1 aromatic carbocycles. The summed E-state index contributed by atoms with van der Waals surface area (Å²) in [7, 11) is 0. The van der Waals surface area contributed by atoms with Gasteiger partial charge in [0.05, 0.1) is 5.92 Å². The van der Waals surface area contributed by atoms with Crippen LogP contribution in [-0.2, 0) is 20.9 Å². The normalized spacial score (nSPS) is 11.8. The molecule has 1 atom stereocenters. The van der Waals surface area contributed by atoms with Gasteiger partial charge in [0.1, 0.15) is 12.9 Å². The fourth-order valence-corrected chi connectivity index (χ4v) is 1.39. The Labute approximate surface area is 95.4 Å². The number of carbonyl (C=O) groups excluding carboxylic acids is 2. The first-order valence-electron chi connectivity index (χ1n) is 5.42. The highest BCUT2D eigenvalue weighted by Gasteiger charge is 2.17. The van der Waals surface area contributed by atoms with Crippen LogP contribution in [0.15, 0.2) is 30.3 Å². The summed E-state index contributed by atoms with van der Waals surface area (Å²) in [5.74, 6) is -0.598. The summed E-state index contributed by atoms with van der Waals surface area (Å²) in [6.07, 6.45) is 1.63. The fraction of sp³-hybridized carbons (Fsp3) is 0.385. The quantitative estimate of drug-likeness (QED) is 0.546. The van der Waals surface area contributed by atoms with Crippen molar-refractivity contribution in [2.75, 3.05) is 0 Å². The second-order valence-electron chi connectivity index (χ2n) is 3.60. The molecular weight excluding hydrogens is 204 g/mol. The van der Waals surface area contributed by atoms with Crippen molar-refractivity contribution in [1.29, 1.82) is 0 Å². The monoisotopic (exact) mass is 220 g/mol. The molecule has 0 aliphatic carbocycles. The van der Waals surface area contributed by atoms with Crippen LogP contribution in [0.3, 0.4) is 0 Å². The minimum absolute atomic E-state index is 0.240. The van der Waals surface area contributed by atoms with E-state index in [9.17, 15) is 9.59 Å². The summed E-state index contributed by atoms with van der Waals surface area (Å²) < 4.78 is 5.14. The molecule has 0 amide bonds. The molecular formula is C13H16O3. The molecule has 0 radical (unpaired) electrons. The van der Waals surface area contributed by atoms with Gasteiger partial charge in [0.2, 0.25) is 0 Å². The average Bonchev–Trinajstić information content (AvgIpc) is 2.34. The molecule has 3 nitrogen and oxygen atoms in total. The van der Waals surface area contributed by atoms with Gasteiger partial charge in [-0.05, 0) is 12.0 Å². The SMILES string of the molecule is CC[C@@H](CC=O)C(=O)OCc1ccccc1. The van der Waals surface area contributed by atoms with Crippen molar-refractivity contribution in [3.8, 4) is 0 Å². The number of carbonyl (C=O) groups is 2. The first-order valence-corrected chi connectivity index (χ1v) is 5.42. The standard InChI is InChI=1S/C13H16O3/c1-2-12(8-9-14)13(15)16-10-11-6-4-3-5-7-11/h3-7,9,12H,2,8,10H2,1H3/t12-/m0/s1. The van der Waals surface area contributed by atoms with E-state index < -0.39 is 0 Å². The molecule has 0 N–H and O–H groups in total. The van der Waals surface area contributed by atoms with Gasteiger partial charge in [0.15, 0.2) is 0 Å². The Balaban J connectivity index is 2.42. The molecule has 0 aliphatic rings. The number of benzene rings is 1. The van der Waals surface area contributed by atoms with Gasteiger partial charge in [-0.25, -0.2) is 0 Å². The van der Waals surface area contributed by atoms with E-state index in [4.69, 9.17) is 4.74 Å². The van der Waals surface area contributed by atoms with Crippen molar-refractivity contribution >= 4 is 12.3 Å². The number of aldehydes is 1. The van der Waals surface area contributed by atoms with Gasteiger partial charge in [-0.1, -0.05) is 37.3 Å². The van der Waals surface area contributed by atoms with Gasteiger partial charge < -0.3 is 9.53 Å². The Morgan fingerprint density at radius 1 is 1.38 bits per heavy atom. The summed E-state index contributed by atoms with van der Waals surface area (Å²) in [6.45, 7) is 2.15. The number of hydrogen-bond donors (Lipinski definition) is 0. The van der Waals surface area contributed by atoms with E-state index in [1.807, 2.05) is 37.3 Å². The van der Waals surface area contributed by atoms with Crippen LogP contribution in [0.5, 0.6) is 0 Å². The van der Waals surface area contributed by atoms with Gasteiger partial charge >= 0.3 is 5.97 Å². The summed E-state index contributed by atoms with van der Waals surface area (Å²) >= 11 is 0. The summed E-state index contributed by atoms with van der Waals surface area (Å²) in [5.41, 5.74) is 0.955. The smallest absolute Gasteiger partial charge is 0.309 e. The Morgan fingerprint density at radius 3 is 2.62 bits per heavy atom. The van der Waals surface area contributed by atoms with Crippen LogP contribution in [0.1, 0.15) is 25.3 Å². The molecule has 86 valence electrons. The molecule has 0 aliphatic heterocycles. The van der Waals surface area contributed by atoms with E-state index in [0.717, 1.165) is 11.8 Å². The Bertz CT molecular complexity index is 332. The van der Waals surface area contributed by atoms with Gasteiger partial charge in [-0.2, -0.15) is 0 Å². The number of hydrogen-bond acceptors (Lipinski definition) is 3. The van der Waals surface area contributed by atoms with Crippen LogP contribution >= 0.6 is 0 Å². The highest BCUT2D eigenvalue weighted by molar-refractivity contribution is 5.75. The third kappa shape index (κ3) is 3.85. The van der Waals surface area contributed by atoms with Crippen molar-refractivity contribution in [2.45, 2.75) is 26.4 Å². The molecule has 0 unspecified atom stereocenters. The van der Waals surface area contributed by atoms with E-state index in [0.29, 0.717) is 6.42 Å². The largest absolute Gasteiger partial charge is 0.461 e. The Hall–Kier alpha value is -1.64. The van der Waals surface area contributed by atoms with Gasteiger partial charge in [0, 0.05) is 6.42 Å². The minimum atomic E-state index is -0.304. The molecule has 3 heteroatoms. The van der Waals surface area contributed by atoms with Crippen molar-refractivity contribution in [3.63, 3.8) is 0 Å². The topological polar surface area (TPSA) is 43.4 Å². The molecule has 0 saturated carbocycles. The average molecular weight is 220 g/mol. The number of rotatable bonds is 6. The second-order valence-corrected chi connectivity index (χ2v) is 3.60. The third-order valence-electron chi connectivity index (χ3n) is 2.43. The molecule has 0 aromatic heterocycles. The van der Waals surface area contributed by atoms with Crippen LogP contribution in [0.25, 0.3) is 0 Å². The zero-order chi connectivity index (χ0) is 11.8. The zero-order valence-corrected chi connectivity index (χ0v) is 9.39. The summed E-state index contributed by atoms with van der Waals surface area (Å²) in [4.78, 5) is 21.9. The highest BCUT2D eigenvalue weighted by Crippen LogP contribution is 2.10. The lowest BCUT2D eigenvalue weighted by atomic mass is 10.0. The molecule has 1 aromatic rings. The van der Waals surface area contributed by atoms with Crippen molar-refractivity contribution in [1.82, 2.24) is 0 Å². The van der Waals surface area contributed by atoms with Crippen molar-refractivity contribution in [2.24, 2.45) is 5.92 Å². The minimum Gasteiger partial charge on any atom is -0.461 e. The van der Waals surface area contributed by atoms with E-state index >= 15 is 0 Å². The van der Waals surface area contributed by atoms with E-state index in [1.54, 1.807) is 0 Å². The second kappa shape index (κ2) is 6.77. The zero-order valence-electron chi connectivity index (χ0n) is 9.39. The number of esters is 1. The van der Waals surface area contributed by atoms with E-state index in [1.165, 1.54) is 0 Å². The first-order chi connectivity index (χ1) is 7.77. The molecule has 0 heterocycles. The van der Waals surface area contributed by atoms with Gasteiger partial charge in [0.25, 0.3) is 0 Å². The molecule has 16 heavy (non-hydrogen) atoms. The predicted molar refractivity (Wildman–Crippen MR) is 60.7 cm³/mol.